The molecule has 0 radical (unpaired) electrons. The van der Waals surface area contributed by atoms with Crippen molar-refractivity contribution in [2.24, 2.45) is 0 Å². The van der Waals surface area contributed by atoms with Gasteiger partial charge in [0.05, 0.1) is 11.1 Å². The summed E-state index contributed by atoms with van der Waals surface area (Å²) in [5.74, 6) is -0.556. The predicted octanol–water partition coefficient (Wildman–Crippen LogP) is 4.12. The SMILES string of the molecule is C=Cc1cc(OCc2ccccc2)c(C2OC=CO2)cc1C(=O)O. The van der Waals surface area contributed by atoms with Crippen molar-refractivity contribution in [3.05, 3.63) is 83.8 Å². The molecule has 0 atom stereocenters. The third-order valence-electron chi connectivity index (χ3n) is 3.58. The Balaban J connectivity index is 1.95. The molecule has 5 nitrogen and oxygen atoms in total. The quantitative estimate of drug-likeness (QED) is 0.866. The van der Waals surface area contributed by atoms with Gasteiger partial charge < -0.3 is 19.3 Å². The number of carboxylic acid groups (broad SMARTS) is 1. The average Bonchev–Trinajstić information content (AvgIpc) is 3.14. The van der Waals surface area contributed by atoms with Crippen LogP contribution in [0.5, 0.6) is 5.75 Å². The van der Waals surface area contributed by atoms with Gasteiger partial charge in [0.25, 0.3) is 6.29 Å². The number of benzene rings is 2. The summed E-state index contributed by atoms with van der Waals surface area (Å²) >= 11 is 0. The van der Waals surface area contributed by atoms with E-state index in [2.05, 4.69) is 6.58 Å². The monoisotopic (exact) mass is 324 g/mol. The molecular weight excluding hydrogens is 308 g/mol. The summed E-state index contributed by atoms with van der Waals surface area (Å²) in [6.07, 6.45) is 3.57. The first-order chi connectivity index (χ1) is 11.7. The Labute approximate surface area is 139 Å². The molecule has 1 aliphatic rings. The minimum atomic E-state index is -1.05. The molecule has 0 aromatic heterocycles. The molecule has 122 valence electrons. The van der Waals surface area contributed by atoms with Crippen molar-refractivity contribution < 1.29 is 24.1 Å². The maximum atomic E-state index is 11.5. The Bertz CT molecular complexity index is 772. The summed E-state index contributed by atoms with van der Waals surface area (Å²) in [5, 5.41) is 9.38. The van der Waals surface area contributed by atoms with E-state index in [0.717, 1.165) is 5.56 Å². The van der Waals surface area contributed by atoms with Crippen molar-refractivity contribution in [1.29, 1.82) is 0 Å². The topological polar surface area (TPSA) is 65.0 Å². The number of carboxylic acids is 1. The molecule has 0 amide bonds. The van der Waals surface area contributed by atoms with Gasteiger partial charge in [-0.05, 0) is 23.3 Å². The zero-order valence-corrected chi connectivity index (χ0v) is 12.8. The van der Waals surface area contributed by atoms with Crippen molar-refractivity contribution in [2.75, 3.05) is 0 Å². The number of hydrogen-bond donors (Lipinski definition) is 1. The maximum absolute atomic E-state index is 11.5. The van der Waals surface area contributed by atoms with E-state index < -0.39 is 12.3 Å². The van der Waals surface area contributed by atoms with Crippen molar-refractivity contribution in [2.45, 2.75) is 12.9 Å². The van der Waals surface area contributed by atoms with E-state index in [1.807, 2.05) is 30.3 Å². The molecule has 2 aromatic carbocycles. The van der Waals surface area contributed by atoms with Gasteiger partial charge >= 0.3 is 5.97 Å². The summed E-state index contributed by atoms with van der Waals surface area (Å²) in [4.78, 5) is 11.5. The van der Waals surface area contributed by atoms with Crippen LogP contribution in [-0.4, -0.2) is 11.1 Å². The molecule has 1 N–H and O–H groups in total. The second-order valence-electron chi connectivity index (χ2n) is 5.14. The standard InChI is InChI=1S/C19H16O5/c1-2-14-10-17(24-12-13-6-4-3-5-7-13)16(11-15(14)18(20)21)19-22-8-9-23-19/h2-11,19H,1,12H2,(H,20,21). The lowest BCUT2D eigenvalue weighted by molar-refractivity contribution is -0.0266. The lowest BCUT2D eigenvalue weighted by Gasteiger charge is -2.18. The Morgan fingerprint density at radius 3 is 2.54 bits per heavy atom. The molecule has 0 spiro atoms. The van der Waals surface area contributed by atoms with Gasteiger partial charge in [0.15, 0.2) is 0 Å². The normalized spacial score (nSPS) is 13.2. The van der Waals surface area contributed by atoms with E-state index in [9.17, 15) is 9.90 Å². The Hall–Kier alpha value is -3.21. The minimum Gasteiger partial charge on any atom is -0.488 e. The molecule has 0 saturated heterocycles. The molecule has 0 aliphatic carbocycles. The first-order valence-corrected chi connectivity index (χ1v) is 7.35. The van der Waals surface area contributed by atoms with Crippen LogP contribution in [0.4, 0.5) is 0 Å². The van der Waals surface area contributed by atoms with Gasteiger partial charge in [-0.3, -0.25) is 0 Å². The van der Waals surface area contributed by atoms with E-state index in [-0.39, 0.29) is 5.56 Å². The minimum absolute atomic E-state index is 0.117. The van der Waals surface area contributed by atoms with Crippen LogP contribution in [0.3, 0.4) is 0 Å². The molecular formula is C19H16O5. The molecule has 24 heavy (non-hydrogen) atoms. The van der Waals surface area contributed by atoms with E-state index in [1.165, 1.54) is 24.7 Å². The Kier molecular flexibility index (Phi) is 4.52. The number of rotatable bonds is 6. The van der Waals surface area contributed by atoms with Crippen LogP contribution < -0.4 is 4.74 Å². The Morgan fingerprint density at radius 2 is 1.92 bits per heavy atom. The van der Waals surface area contributed by atoms with E-state index in [1.54, 1.807) is 6.07 Å². The zero-order valence-electron chi connectivity index (χ0n) is 12.8. The average molecular weight is 324 g/mol. The van der Waals surface area contributed by atoms with Crippen LogP contribution >= 0.6 is 0 Å². The van der Waals surface area contributed by atoms with Crippen LogP contribution in [0.15, 0.2) is 61.6 Å². The fraction of sp³-hybridized carbons (Fsp3) is 0.105. The van der Waals surface area contributed by atoms with Crippen LogP contribution in [0, 0.1) is 0 Å². The van der Waals surface area contributed by atoms with Gasteiger partial charge in [0, 0.05) is 0 Å². The number of hydrogen-bond acceptors (Lipinski definition) is 4. The van der Waals surface area contributed by atoms with Gasteiger partial charge in [0.1, 0.15) is 24.9 Å². The highest BCUT2D eigenvalue weighted by atomic mass is 16.7. The smallest absolute Gasteiger partial charge is 0.336 e. The van der Waals surface area contributed by atoms with E-state index >= 15 is 0 Å². The number of carbonyl (C=O) groups is 1. The Morgan fingerprint density at radius 1 is 1.21 bits per heavy atom. The molecule has 5 heteroatoms. The predicted molar refractivity (Wildman–Crippen MR) is 88.3 cm³/mol. The highest BCUT2D eigenvalue weighted by molar-refractivity contribution is 5.92. The second-order valence-corrected chi connectivity index (χ2v) is 5.14. The molecule has 1 aliphatic heterocycles. The van der Waals surface area contributed by atoms with Gasteiger partial charge in [-0.15, -0.1) is 0 Å². The fourth-order valence-corrected chi connectivity index (χ4v) is 2.40. The van der Waals surface area contributed by atoms with Crippen molar-refractivity contribution in [3.63, 3.8) is 0 Å². The molecule has 2 aromatic rings. The fourth-order valence-electron chi connectivity index (χ4n) is 2.40. The molecule has 0 bridgehead atoms. The first-order valence-electron chi connectivity index (χ1n) is 7.35. The number of ether oxygens (including phenoxy) is 3. The van der Waals surface area contributed by atoms with Gasteiger partial charge in [-0.25, -0.2) is 4.79 Å². The lowest BCUT2D eigenvalue weighted by Crippen LogP contribution is -2.08. The summed E-state index contributed by atoms with van der Waals surface area (Å²) in [6, 6.07) is 12.8. The molecule has 0 fully saturated rings. The summed E-state index contributed by atoms with van der Waals surface area (Å²) in [5.41, 5.74) is 2.10. The summed E-state index contributed by atoms with van der Waals surface area (Å²) in [6.45, 7) is 4.01. The highest BCUT2D eigenvalue weighted by Gasteiger charge is 2.24. The zero-order chi connectivity index (χ0) is 16.9. The molecule has 1 heterocycles. The second kappa shape index (κ2) is 6.91. The lowest BCUT2D eigenvalue weighted by atomic mass is 10.0. The van der Waals surface area contributed by atoms with Crippen LogP contribution in [-0.2, 0) is 16.1 Å². The third-order valence-corrected chi connectivity index (χ3v) is 3.58. The number of aromatic carboxylic acids is 1. The van der Waals surface area contributed by atoms with Gasteiger partial charge in [0.2, 0.25) is 0 Å². The largest absolute Gasteiger partial charge is 0.488 e. The molecule has 3 rings (SSSR count). The highest BCUT2D eigenvalue weighted by Crippen LogP contribution is 2.35. The van der Waals surface area contributed by atoms with E-state index in [0.29, 0.717) is 23.5 Å². The van der Waals surface area contributed by atoms with Crippen LogP contribution in [0.25, 0.3) is 6.08 Å². The molecule has 0 saturated carbocycles. The van der Waals surface area contributed by atoms with Crippen LogP contribution in [0.2, 0.25) is 0 Å². The molecule has 0 unspecified atom stereocenters. The van der Waals surface area contributed by atoms with Gasteiger partial charge in [-0.1, -0.05) is 43.0 Å². The van der Waals surface area contributed by atoms with Crippen LogP contribution in [0.1, 0.15) is 33.3 Å². The summed E-state index contributed by atoms with van der Waals surface area (Å²) < 4.78 is 16.6. The third kappa shape index (κ3) is 3.25. The summed E-state index contributed by atoms with van der Waals surface area (Å²) in [7, 11) is 0. The maximum Gasteiger partial charge on any atom is 0.336 e. The van der Waals surface area contributed by atoms with Gasteiger partial charge in [-0.2, -0.15) is 0 Å². The van der Waals surface area contributed by atoms with Crippen molar-refractivity contribution >= 4 is 12.0 Å². The van der Waals surface area contributed by atoms with Crippen molar-refractivity contribution in [1.82, 2.24) is 0 Å². The first kappa shape index (κ1) is 15.7. The van der Waals surface area contributed by atoms with E-state index in [4.69, 9.17) is 14.2 Å². The van der Waals surface area contributed by atoms with Crippen molar-refractivity contribution in [3.8, 4) is 5.75 Å².